The van der Waals surface area contributed by atoms with Crippen molar-refractivity contribution in [2.45, 2.75) is 40.0 Å². The van der Waals surface area contributed by atoms with Gasteiger partial charge in [-0.3, -0.25) is 0 Å². The van der Waals surface area contributed by atoms with Crippen molar-refractivity contribution < 1.29 is 4.74 Å². The Balaban J connectivity index is 2.91. The number of aromatic nitrogens is 2. The number of hydrogen-bond donors (Lipinski definition) is 1. The van der Waals surface area contributed by atoms with Crippen molar-refractivity contribution >= 4 is 5.82 Å². The number of hydrogen-bond acceptors (Lipinski definition) is 4. The highest BCUT2D eigenvalue weighted by molar-refractivity contribution is 5.44. The summed E-state index contributed by atoms with van der Waals surface area (Å²) in [7, 11) is 0. The second kappa shape index (κ2) is 5.53. The number of nitrogens with zero attached hydrogens (tertiary/aromatic N) is 2. The van der Waals surface area contributed by atoms with E-state index in [1.165, 1.54) is 0 Å². The molecule has 0 saturated carbocycles. The van der Waals surface area contributed by atoms with Gasteiger partial charge in [0.05, 0.1) is 12.2 Å². The molecule has 4 heteroatoms. The molecule has 0 aliphatic carbocycles. The maximum absolute atomic E-state index is 5.79. The SMILES string of the molecule is CCCOc1nc(CCC)nc(N)c1C. The molecule has 0 unspecified atom stereocenters. The first-order chi connectivity index (χ1) is 7.19. The van der Waals surface area contributed by atoms with E-state index in [0.717, 1.165) is 30.7 Å². The number of nitrogen functional groups attached to an aromatic ring is 1. The summed E-state index contributed by atoms with van der Waals surface area (Å²) < 4.78 is 5.52. The standard InChI is InChI=1S/C11H19N3O/c1-4-6-9-13-10(12)8(3)11(14-9)15-7-5-2/h4-7H2,1-3H3,(H2,12,13,14). The zero-order chi connectivity index (χ0) is 11.3. The monoisotopic (exact) mass is 209 g/mol. The fourth-order valence-corrected chi connectivity index (χ4v) is 1.23. The summed E-state index contributed by atoms with van der Waals surface area (Å²) in [5, 5.41) is 0. The van der Waals surface area contributed by atoms with E-state index in [1.807, 2.05) is 6.92 Å². The zero-order valence-corrected chi connectivity index (χ0v) is 9.71. The molecule has 0 amide bonds. The van der Waals surface area contributed by atoms with Gasteiger partial charge < -0.3 is 10.5 Å². The van der Waals surface area contributed by atoms with Crippen molar-refractivity contribution in [1.29, 1.82) is 0 Å². The smallest absolute Gasteiger partial charge is 0.221 e. The Labute approximate surface area is 90.9 Å². The lowest BCUT2D eigenvalue weighted by atomic mass is 10.3. The summed E-state index contributed by atoms with van der Waals surface area (Å²) >= 11 is 0. The van der Waals surface area contributed by atoms with Gasteiger partial charge in [0, 0.05) is 6.42 Å². The Kier molecular flexibility index (Phi) is 4.34. The first-order valence-corrected chi connectivity index (χ1v) is 5.44. The van der Waals surface area contributed by atoms with Crippen LogP contribution in [0.25, 0.3) is 0 Å². The van der Waals surface area contributed by atoms with Crippen molar-refractivity contribution in [2.24, 2.45) is 0 Å². The molecule has 0 bridgehead atoms. The Morgan fingerprint density at radius 2 is 1.93 bits per heavy atom. The molecule has 1 rings (SSSR count). The van der Waals surface area contributed by atoms with E-state index < -0.39 is 0 Å². The molecule has 0 atom stereocenters. The van der Waals surface area contributed by atoms with Crippen LogP contribution in [-0.2, 0) is 6.42 Å². The normalized spacial score (nSPS) is 10.3. The molecule has 1 aromatic rings. The van der Waals surface area contributed by atoms with Crippen LogP contribution in [-0.4, -0.2) is 16.6 Å². The van der Waals surface area contributed by atoms with Crippen LogP contribution in [0.4, 0.5) is 5.82 Å². The third kappa shape index (κ3) is 3.08. The van der Waals surface area contributed by atoms with Gasteiger partial charge in [-0.15, -0.1) is 0 Å². The van der Waals surface area contributed by atoms with Crippen LogP contribution in [0.3, 0.4) is 0 Å². The maximum atomic E-state index is 5.79. The molecule has 4 nitrogen and oxygen atoms in total. The van der Waals surface area contributed by atoms with Gasteiger partial charge in [0.1, 0.15) is 11.6 Å². The van der Waals surface area contributed by atoms with E-state index in [4.69, 9.17) is 10.5 Å². The molecule has 0 radical (unpaired) electrons. The Bertz CT molecular complexity index is 326. The van der Waals surface area contributed by atoms with E-state index in [2.05, 4.69) is 23.8 Å². The van der Waals surface area contributed by atoms with Gasteiger partial charge in [0.15, 0.2) is 0 Å². The minimum atomic E-state index is 0.527. The molecular formula is C11H19N3O. The largest absolute Gasteiger partial charge is 0.477 e. The fraction of sp³-hybridized carbons (Fsp3) is 0.636. The number of nitrogens with two attached hydrogens (primary N) is 1. The van der Waals surface area contributed by atoms with Crippen molar-refractivity contribution in [3.05, 3.63) is 11.4 Å². The van der Waals surface area contributed by atoms with E-state index in [9.17, 15) is 0 Å². The summed E-state index contributed by atoms with van der Waals surface area (Å²) in [5.74, 6) is 1.93. The molecule has 0 fully saturated rings. The summed E-state index contributed by atoms with van der Waals surface area (Å²) in [6.07, 6.45) is 2.81. The van der Waals surface area contributed by atoms with Gasteiger partial charge in [0.25, 0.3) is 0 Å². The summed E-state index contributed by atoms with van der Waals surface area (Å²) in [6, 6.07) is 0. The molecule has 0 aliphatic heterocycles. The van der Waals surface area contributed by atoms with Crippen LogP contribution < -0.4 is 10.5 Å². The second-order valence-electron chi connectivity index (χ2n) is 3.55. The minimum Gasteiger partial charge on any atom is -0.477 e. The highest BCUT2D eigenvalue weighted by atomic mass is 16.5. The molecule has 15 heavy (non-hydrogen) atoms. The lowest BCUT2D eigenvalue weighted by Crippen LogP contribution is -2.07. The average Bonchev–Trinajstić information content (AvgIpc) is 2.21. The number of anilines is 1. The first-order valence-electron chi connectivity index (χ1n) is 5.44. The predicted molar refractivity (Wildman–Crippen MR) is 61.0 cm³/mol. The van der Waals surface area contributed by atoms with Crippen LogP contribution in [0.1, 0.15) is 38.1 Å². The van der Waals surface area contributed by atoms with Crippen LogP contribution in [0.2, 0.25) is 0 Å². The van der Waals surface area contributed by atoms with Crippen LogP contribution in [0.15, 0.2) is 0 Å². The van der Waals surface area contributed by atoms with Crippen molar-refractivity contribution in [2.75, 3.05) is 12.3 Å². The maximum Gasteiger partial charge on any atom is 0.221 e. The Morgan fingerprint density at radius 1 is 1.20 bits per heavy atom. The summed E-state index contributed by atoms with van der Waals surface area (Å²) in [6.45, 7) is 6.71. The lowest BCUT2D eigenvalue weighted by Gasteiger charge is -2.10. The Hall–Kier alpha value is -1.32. The van der Waals surface area contributed by atoms with Gasteiger partial charge >= 0.3 is 0 Å². The van der Waals surface area contributed by atoms with Gasteiger partial charge in [-0.2, -0.15) is 4.98 Å². The topological polar surface area (TPSA) is 61.0 Å². The predicted octanol–water partition coefficient (Wildman–Crippen LogP) is 2.11. The highest BCUT2D eigenvalue weighted by Gasteiger charge is 2.08. The van der Waals surface area contributed by atoms with Crippen LogP contribution >= 0.6 is 0 Å². The minimum absolute atomic E-state index is 0.527. The van der Waals surface area contributed by atoms with E-state index in [-0.39, 0.29) is 0 Å². The van der Waals surface area contributed by atoms with Crippen LogP contribution in [0, 0.1) is 6.92 Å². The van der Waals surface area contributed by atoms with Crippen molar-refractivity contribution in [3.63, 3.8) is 0 Å². The van der Waals surface area contributed by atoms with E-state index in [0.29, 0.717) is 18.3 Å². The van der Waals surface area contributed by atoms with E-state index in [1.54, 1.807) is 0 Å². The molecular weight excluding hydrogens is 190 g/mol. The van der Waals surface area contributed by atoms with E-state index >= 15 is 0 Å². The number of aryl methyl sites for hydroxylation is 1. The number of rotatable bonds is 5. The summed E-state index contributed by atoms with van der Waals surface area (Å²) in [5.41, 5.74) is 6.63. The summed E-state index contributed by atoms with van der Waals surface area (Å²) in [4.78, 5) is 8.56. The fourth-order valence-electron chi connectivity index (χ4n) is 1.23. The zero-order valence-electron chi connectivity index (χ0n) is 9.71. The Morgan fingerprint density at radius 3 is 2.53 bits per heavy atom. The molecule has 2 N–H and O–H groups in total. The molecule has 1 aromatic heterocycles. The lowest BCUT2D eigenvalue weighted by molar-refractivity contribution is 0.301. The molecule has 0 spiro atoms. The van der Waals surface area contributed by atoms with Gasteiger partial charge in [-0.25, -0.2) is 4.98 Å². The molecule has 1 heterocycles. The first kappa shape index (κ1) is 11.8. The molecule has 84 valence electrons. The quantitative estimate of drug-likeness (QED) is 0.806. The van der Waals surface area contributed by atoms with Gasteiger partial charge in [0.2, 0.25) is 5.88 Å². The highest BCUT2D eigenvalue weighted by Crippen LogP contribution is 2.20. The second-order valence-corrected chi connectivity index (χ2v) is 3.55. The van der Waals surface area contributed by atoms with Crippen molar-refractivity contribution in [3.8, 4) is 5.88 Å². The van der Waals surface area contributed by atoms with Crippen LogP contribution in [0.5, 0.6) is 5.88 Å². The van der Waals surface area contributed by atoms with Gasteiger partial charge in [-0.05, 0) is 19.8 Å². The third-order valence-corrected chi connectivity index (χ3v) is 2.10. The molecule has 0 saturated heterocycles. The molecule has 0 aromatic carbocycles. The third-order valence-electron chi connectivity index (χ3n) is 2.10. The molecule has 0 aliphatic rings. The number of ether oxygens (including phenoxy) is 1. The van der Waals surface area contributed by atoms with Crippen molar-refractivity contribution in [1.82, 2.24) is 9.97 Å². The van der Waals surface area contributed by atoms with Gasteiger partial charge in [-0.1, -0.05) is 13.8 Å². The average molecular weight is 209 g/mol.